The lowest BCUT2D eigenvalue weighted by Crippen LogP contribution is -2.20. The largest absolute Gasteiger partial charge is 0.323 e. The van der Waals surface area contributed by atoms with Crippen molar-refractivity contribution in [3.05, 3.63) is 28.5 Å². The van der Waals surface area contributed by atoms with Gasteiger partial charge < -0.3 is 5.32 Å². The number of nitrogens with one attached hydrogen (secondary N) is 1. The zero-order chi connectivity index (χ0) is 10.7. The molecule has 0 radical (unpaired) electrons. The molecule has 14 heavy (non-hydrogen) atoms. The van der Waals surface area contributed by atoms with Gasteiger partial charge in [0.2, 0.25) is 5.91 Å². The van der Waals surface area contributed by atoms with Crippen LogP contribution in [0.1, 0.15) is 6.92 Å². The van der Waals surface area contributed by atoms with Crippen LogP contribution in [0.3, 0.4) is 0 Å². The highest BCUT2D eigenvalue weighted by Gasteiger charge is 2.10. The highest BCUT2D eigenvalue weighted by Crippen LogP contribution is 2.19. The predicted octanol–water partition coefficient (Wildman–Crippen LogP) is 2.85. The fourth-order valence-electron chi connectivity index (χ4n) is 0.828. The Labute approximate surface area is 95.4 Å². The third-order valence-corrected chi connectivity index (χ3v) is 2.30. The van der Waals surface area contributed by atoms with E-state index in [0.717, 1.165) is 0 Å². The molecule has 1 N–H and O–H groups in total. The van der Waals surface area contributed by atoms with Gasteiger partial charge in [-0.2, -0.15) is 12.6 Å². The minimum Gasteiger partial charge on any atom is -0.323 e. The molecule has 0 fully saturated rings. The molecule has 1 amide bonds. The molecule has 1 atom stereocenters. The minimum absolute atomic E-state index is 0.166. The maximum atomic E-state index is 13.2. The number of hydrogen-bond donors (Lipinski definition) is 2. The summed E-state index contributed by atoms with van der Waals surface area (Å²) in [6, 6.07) is 4.44. The molecule has 5 heteroatoms. The number of hydrogen-bond acceptors (Lipinski definition) is 2. The fourth-order valence-corrected chi connectivity index (χ4v) is 1.23. The number of rotatable bonds is 2. The Morgan fingerprint density at radius 2 is 2.29 bits per heavy atom. The molecule has 0 spiro atoms. The van der Waals surface area contributed by atoms with E-state index in [-0.39, 0.29) is 11.6 Å². The number of halogens is 2. The molecule has 0 heterocycles. The van der Waals surface area contributed by atoms with Crippen LogP contribution in [-0.2, 0) is 4.79 Å². The quantitative estimate of drug-likeness (QED) is 0.800. The molecule has 0 aliphatic heterocycles. The number of benzene rings is 1. The lowest BCUT2D eigenvalue weighted by atomic mass is 10.3. The molecule has 2 nitrogen and oxygen atoms in total. The highest BCUT2D eigenvalue weighted by molar-refractivity contribution is 9.10. The third kappa shape index (κ3) is 2.99. The smallest absolute Gasteiger partial charge is 0.237 e. The average Bonchev–Trinajstić information content (AvgIpc) is 2.09. The average molecular weight is 278 g/mol. The van der Waals surface area contributed by atoms with Crippen LogP contribution in [0.4, 0.5) is 10.1 Å². The summed E-state index contributed by atoms with van der Waals surface area (Å²) in [6.07, 6.45) is 0. The summed E-state index contributed by atoms with van der Waals surface area (Å²) in [5.74, 6) is -0.795. The van der Waals surface area contributed by atoms with E-state index in [9.17, 15) is 9.18 Å². The summed E-state index contributed by atoms with van der Waals surface area (Å²) in [6.45, 7) is 1.62. The standard InChI is InChI=1S/C9H9BrFNOS/c1-5(14)9(13)12-8-3-2-6(10)4-7(8)11/h2-5,14H,1H3,(H,12,13). The van der Waals surface area contributed by atoms with Gasteiger partial charge in [0.15, 0.2) is 0 Å². The van der Waals surface area contributed by atoms with Crippen LogP contribution in [0.2, 0.25) is 0 Å². The summed E-state index contributed by atoms with van der Waals surface area (Å²) in [5.41, 5.74) is 0.166. The lowest BCUT2D eigenvalue weighted by molar-refractivity contribution is -0.115. The minimum atomic E-state index is -0.471. The van der Waals surface area contributed by atoms with Crippen molar-refractivity contribution in [2.75, 3.05) is 5.32 Å². The number of anilines is 1. The second-order valence-corrected chi connectivity index (χ2v) is 4.48. The molecule has 1 aromatic carbocycles. The van der Waals surface area contributed by atoms with Gasteiger partial charge in [-0.25, -0.2) is 4.39 Å². The van der Waals surface area contributed by atoms with Crippen molar-refractivity contribution >= 4 is 40.2 Å². The number of amides is 1. The van der Waals surface area contributed by atoms with E-state index in [1.54, 1.807) is 13.0 Å². The Kier molecular flexibility index (Phi) is 3.95. The van der Waals surface area contributed by atoms with Crippen LogP contribution in [0.25, 0.3) is 0 Å². The summed E-state index contributed by atoms with van der Waals surface area (Å²) >= 11 is 7.06. The van der Waals surface area contributed by atoms with E-state index in [2.05, 4.69) is 33.9 Å². The molecular weight excluding hydrogens is 269 g/mol. The normalized spacial score (nSPS) is 12.3. The van der Waals surface area contributed by atoms with Gasteiger partial charge in [-0.1, -0.05) is 15.9 Å². The van der Waals surface area contributed by atoms with Crippen molar-refractivity contribution in [2.45, 2.75) is 12.2 Å². The van der Waals surface area contributed by atoms with Crippen molar-refractivity contribution in [3.63, 3.8) is 0 Å². The van der Waals surface area contributed by atoms with Crippen LogP contribution in [0.15, 0.2) is 22.7 Å². The summed E-state index contributed by atoms with van der Waals surface area (Å²) in [4.78, 5) is 11.2. The number of thiol groups is 1. The second kappa shape index (κ2) is 4.79. The van der Waals surface area contributed by atoms with Crippen molar-refractivity contribution in [2.24, 2.45) is 0 Å². The van der Waals surface area contributed by atoms with Gasteiger partial charge >= 0.3 is 0 Å². The number of carbonyl (C=O) groups is 1. The molecule has 0 aliphatic rings. The first-order valence-electron chi connectivity index (χ1n) is 3.94. The van der Waals surface area contributed by atoms with Gasteiger partial charge in [-0.3, -0.25) is 4.79 Å². The summed E-state index contributed by atoms with van der Waals surface area (Å²) in [5, 5.41) is 1.97. The Hall–Kier alpha value is -0.550. The molecule has 76 valence electrons. The van der Waals surface area contributed by atoms with Gasteiger partial charge in [0, 0.05) is 4.47 Å². The molecule has 1 rings (SSSR count). The second-order valence-electron chi connectivity index (χ2n) is 2.79. The Morgan fingerprint density at radius 1 is 1.64 bits per heavy atom. The van der Waals surface area contributed by atoms with Crippen LogP contribution in [0.5, 0.6) is 0 Å². The Bertz CT molecular complexity index is 357. The molecular formula is C9H9BrFNOS. The van der Waals surface area contributed by atoms with Gasteiger partial charge in [-0.15, -0.1) is 0 Å². The Morgan fingerprint density at radius 3 is 2.79 bits per heavy atom. The summed E-state index contributed by atoms with van der Waals surface area (Å²) < 4.78 is 13.8. The zero-order valence-corrected chi connectivity index (χ0v) is 9.90. The third-order valence-electron chi connectivity index (χ3n) is 1.57. The number of carbonyl (C=O) groups excluding carboxylic acids is 1. The topological polar surface area (TPSA) is 29.1 Å². The molecule has 1 aromatic rings. The van der Waals surface area contributed by atoms with E-state index in [4.69, 9.17) is 0 Å². The first-order chi connectivity index (χ1) is 6.50. The van der Waals surface area contributed by atoms with E-state index in [0.29, 0.717) is 4.47 Å². The summed E-state index contributed by atoms with van der Waals surface area (Å²) in [7, 11) is 0. The van der Waals surface area contributed by atoms with E-state index in [1.807, 2.05) is 0 Å². The van der Waals surface area contributed by atoms with Crippen LogP contribution in [0, 0.1) is 5.82 Å². The maximum absolute atomic E-state index is 13.2. The van der Waals surface area contributed by atoms with Crippen molar-refractivity contribution < 1.29 is 9.18 Å². The highest BCUT2D eigenvalue weighted by atomic mass is 79.9. The first kappa shape index (κ1) is 11.5. The van der Waals surface area contributed by atoms with Crippen molar-refractivity contribution in [1.82, 2.24) is 0 Å². The Balaban J connectivity index is 2.82. The van der Waals surface area contributed by atoms with E-state index in [1.165, 1.54) is 12.1 Å². The molecule has 0 bridgehead atoms. The first-order valence-corrected chi connectivity index (χ1v) is 5.25. The maximum Gasteiger partial charge on any atom is 0.237 e. The lowest BCUT2D eigenvalue weighted by Gasteiger charge is -2.07. The SMILES string of the molecule is CC(S)C(=O)Nc1ccc(Br)cc1F. The van der Waals surface area contributed by atoms with Gasteiger partial charge in [0.05, 0.1) is 10.9 Å². The monoisotopic (exact) mass is 277 g/mol. The molecule has 1 unspecified atom stereocenters. The van der Waals surface area contributed by atoms with Crippen LogP contribution < -0.4 is 5.32 Å². The van der Waals surface area contributed by atoms with Crippen LogP contribution in [-0.4, -0.2) is 11.2 Å². The predicted molar refractivity (Wildman–Crippen MR) is 61.2 cm³/mol. The zero-order valence-electron chi connectivity index (χ0n) is 7.42. The van der Waals surface area contributed by atoms with Gasteiger partial charge in [-0.05, 0) is 25.1 Å². The molecule has 0 aromatic heterocycles. The van der Waals surface area contributed by atoms with E-state index >= 15 is 0 Å². The van der Waals surface area contributed by atoms with Gasteiger partial charge in [0.25, 0.3) is 0 Å². The van der Waals surface area contributed by atoms with Crippen LogP contribution >= 0.6 is 28.6 Å². The van der Waals surface area contributed by atoms with Crippen molar-refractivity contribution in [3.8, 4) is 0 Å². The molecule has 0 saturated heterocycles. The van der Waals surface area contributed by atoms with E-state index < -0.39 is 11.1 Å². The fraction of sp³-hybridized carbons (Fsp3) is 0.222. The van der Waals surface area contributed by atoms with Crippen molar-refractivity contribution in [1.29, 1.82) is 0 Å². The molecule has 0 aliphatic carbocycles. The van der Waals surface area contributed by atoms with Gasteiger partial charge in [0.1, 0.15) is 5.82 Å². The molecule has 0 saturated carbocycles.